The number of ether oxygens (including phenoxy) is 2. The van der Waals surface area contributed by atoms with Crippen LogP contribution in [0.15, 0.2) is 22.8 Å². The van der Waals surface area contributed by atoms with E-state index in [9.17, 15) is 4.79 Å². The average Bonchev–Trinajstić information content (AvgIpc) is 3.05. The zero-order valence-corrected chi connectivity index (χ0v) is 12.0. The van der Waals surface area contributed by atoms with Crippen molar-refractivity contribution in [2.45, 2.75) is 32.6 Å². The van der Waals surface area contributed by atoms with Gasteiger partial charge in [-0.25, -0.2) is 4.79 Å². The monoisotopic (exact) mass is 282 g/mol. The van der Waals surface area contributed by atoms with Crippen LogP contribution in [-0.2, 0) is 16.0 Å². The average molecular weight is 282 g/mol. The molecule has 20 heavy (non-hydrogen) atoms. The van der Waals surface area contributed by atoms with Gasteiger partial charge in [0.25, 0.3) is 0 Å². The van der Waals surface area contributed by atoms with Gasteiger partial charge in [0.05, 0.1) is 26.0 Å². The first-order chi connectivity index (χ1) is 9.57. The fourth-order valence-electron chi connectivity index (χ4n) is 2.29. The highest BCUT2D eigenvalue weighted by Crippen LogP contribution is 2.26. The van der Waals surface area contributed by atoms with Gasteiger partial charge in [0.15, 0.2) is 5.79 Å². The van der Waals surface area contributed by atoms with Gasteiger partial charge in [-0.2, -0.15) is 0 Å². The number of rotatable bonds is 6. The lowest BCUT2D eigenvalue weighted by molar-refractivity contribution is -0.153. The Labute approximate surface area is 118 Å². The summed E-state index contributed by atoms with van der Waals surface area (Å²) in [6.07, 6.45) is 2.34. The maximum absolute atomic E-state index is 11.6. The predicted octanol–water partition coefficient (Wildman–Crippen LogP) is 1.87. The Kier molecular flexibility index (Phi) is 5.03. The molecule has 6 nitrogen and oxygen atoms in total. The molecule has 1 aliphatic heterocycles. The lowest BCUT2D eigenvalue weighted by atomic mass is 10.0. The minimum absolute atomic E-state index is 0.202. The van der Waals surface area contributed by atoms with E-state index in [1.54, 1.807) is 12.3 Å². The van der Waals surface area contributed by atoms with Crippen molar-refractivity contribution in [3.63, 3.8) is 0 Å². The van der Waals surface area contributed by atoms with Gasteiger partial charge in [0.2, 0.25) is 0 Å². The molecule has 6 heteroatoms. The van der Waals surface area contributed by atoms with Crippen LogP contribution in [0, 0.1) is 5.92 Å². The molecule has 1 aromatic heterocycles. The smallest absolute Gasteiger partial charge is 0.315 e. The zero-order valence-electron chi connectivity index (χ0n) is 12.0. The third-order valence-corrected chi connectivity index (χ3v) is 3.23. The number of carbonyl (C=O) groups excluding carboxylic acids is 1. The highest BCUT2D eigenvalue weighted by atomic mass is 16.7. The second kappa shape index (κ2) is 6.76. The van der Waals surface area contributed by atoms with Crippen molar-refractivity contribution < 1.29 is 18.7 Å². The SMILES string of the molecule is CC(CNC(=O)NCc1ccco1)CC1(C)OCCO1. The molecule has 0 aromatic carbocycles. The van der Waals surface area contributed by atoms with Gasteiger partial charge in [-0.15, -0.1) is 0 Å². The van der Waals surface area contributed by atoms with Crippen LogP contribution in [0.4, 0.5) is 4.79 Å². The normalized spacial score (nSPS) is 18.7. The molecular formula is C14H22N2O4. The molecule has 2 rings (SSSR count). The van der Waals surface area contributed by atoms with Crippen molar-refractivity contribution in [2.75, 3.05) is 19.8 Å². The minimum Gasteiger partial charge on any atom is -0.467 e. The summed E-state index contributed by atoms with van der Waals surface area (Å²) in [7, 11) is 0. The number of carbonyl (C=O) groups is 1. The highest BCUT2D eigenvalue weighted by Gasteiger charge is 2.32. The Balaban J connectivity index is 1.62. The zero-order chi connectivity index (χ0) is 14.4. The molecule has 1 atom stereocenters. The summed E-state index contributed by atoms with van der Waals surface area (Å²) in [5, 5.41) is 5.57. The van der Waals surface area contributed by atoms with E-state index in [1.807, 2.05) is 13.0 Å². The van der Waals surface area contributed by atoms with Crippen molar-refractivity contribution in [1.82, 2.24) is 10.6 Å². The number of furan rings is 1. The number of hydrogen-bond donors (Lipinski definition) is 2. The number of amides is 2. The van der Waals surface area contributed by atoms with Crippen LogP contribution in [0.1, 0.15) is 26.0 Å². The van der Waals surface area contributed by atoms with Gasteiger partial charge < -0.3 is 24.5 Å². The topological polar surface area (TPSA) is 72.7 Å². The van der Waals surface area contributed by atoms with Crippen molar-refractivity contribution in [3.8, 4) is 0 Å². The third kappa shape index (κ3) is 4.54. The fourth-order valence-corrected chi connectivity index (χ4v) is 2.29. The molecule has 2 heterocycles. The molecule has 2 N–H and O–H groups in total. The van der Waals surface area contributed by atoms with E-state index in [-0.39, 0.29) is 11.9 Å². The molecule has 0 radical (unpaired) electrons. The molecule has 2 amide bonds. The molecule has 1 aromatic rings. The maximum atomic E-state index is 11.6. The molecule has 0 bridgehead atoms. The Morgan fingerprint density at radius 1 is 1.40 bits per heavy atom. The summed E-state index contributed by atoms with van der Waals surface area (Å²) < 4.78 is 16.2. The van der Waals surface area contributed by atoms with Gasteiger partial charge in [-0.3, -0.25) is 0 Å². The van der Waals surface area contributed by atoms with E-state index in [1.165, 1.54) is 0 Å². The molecular weight excluding hydrogens is 260 g/mol. The number of nitrogens with one attached hydrogen (secondary N) is 2. The van der Waals surface area contributed by atoms with Crippen LogP contribution in [0.3, 0.4) is 0 Å². The maximum Gasteiger partial charge on any atom is 0.315 e. The summed E-state index contributed by atoms with van der Waals surface area (Å²) in [4.78, 5) is 11.6. The van der Waals surface area contributed by atoms with Crippen LogP contribution >= 0.6 is 0 Å². The van der Waals surface area contributed by atoms with Crippen LogP contribution in [0.25, 0.3) is 0 Å². The second-order valence-corrected chi connectivity index (χ2v) is 5.28. The molecule has 0 spiro atoms. The Morgan fingerprint density at radius 2 is 2.15 bits per heavy atom. The number of urea groups is 1. The Bertz CT molecular complexity index is 413. The van der Waals surface area contributed by atoms with Gasteiger partial charge in [-0.1, -0.05) is 6.92 Å². The van der Waals surface area contributed by atoms with E-state index in [0.717, 1.165) is 12.2 Å². The lowest BCUT2D eigenvalue weighted by Crippen LogP contribution is -2.39. The first-order valence-corrected chi connectivity index (χ1v) is 6.89. The van der Waals surface area contributed by atoms with E-state index in [4.69, 9.17) is 13.9 Å². The molecule has 1 saturated heterocycles. The highest BCUT2D eigenvalue weighted by molar-refractivity contribution is 5.73. The van der Waals surface area contributed by atoms with E-state index in [0.29, 0.717) is 26.3 Å². The van der Waals surface area contributed by atoms with Crippen molar-refractivity contribution >= 4 is 6.03 Å². The van der Waals surface area contributed by atoms with E-state index >= 15 is 0 Å². The summed E-state index contributed by atoms with van der Waals surface area (Å²) >= 11 is 0. The van der Waals surface area contributed by atoms with Crippen LogP contribution < -0.4 is 10.6 Å². The molecule has 1 aliphatic rings. The summed E-state index contributed by atoms with van der Waals surface area (Å²) in [5.41, 5.74) is 0. The summed E-state index contributed by atoms with van der Waals surface area (Å²) in [5.74, 6) is 0.493. The van der Waals surface area contributed by atoms with E-state index < -0.39 is 5.79 Å². The largest absolute Gasteiger partial charge is 0.467 e. The minimum atomic E-state index is -0.508. The molecule has 1 fully saturated rings. The molecule has 0 saturated carbocycles. The number of hydrogen-bond acceptors (Lipinski definition) is 4. The predicted molar refractivity (Wildman–Crippen MR) is 73.0 cm³/mol. The first-order valence-electron chi connectivity index (χ1n) is 6.89. The molecule has 112 valence electrons. The summed E-state index contributed by atoms with van der Waals surface area (Å²) in [6, 6.07) is 3.41. The molecule has 1 unspecified atom stereocenters. The van der Waals surface area contributed by atoms with Crippen molar-refractivity contribution in [2.24, 2.45) is 5.92 Å². The second-order valence-electron chi connectivity index (χ2n) is 5.28. The van der Waals surface area contributed by atoms with Gasteiger partial charge in [-0.05, 0) is 25.0 Å². The van der Waals surface area contributed by atoms with Crippen LogP contribution in [-0.4, -0.2) is 31.6 Å². The van der Waals surface area contributed by atoms with E-state index in [2.05, 4.69) is 17.6 Å². The standard InChI is InChI=1S/C14H22N2O4/c1-11(8-14(2)19-6-7-20-14)9-15-13(17)16-10-12-4-3-5-18-12/h3-5,11H,6-10H2,1-2H3,(H2,15,16,17). The van der Waals surface area contributed by atoms with Crippen molar-refractivity contribution in [3.05, 3.63) is 24.2 Å². The van der Waals surface area contributed by atoms with Crippen LogP contribution in [0.2, 0.25) is 0 Å². The van der Waals surface area contributed by atoms with Crippen molar-refractivity contribution in [1.29, 1.82) is 0 Å². The Morgan fingerprint density at radius 3 is 2.80 bits per heavy atom. The quantitative estimate of drug-likeness (QED) is 0.835. The first kappa shape index (κ1) is 14.9. The Hall–Kier alpha value is -1.53. The van der Waals surface area contributed by atoms with Gasteiger partial charge >= 0.3 is 6.03 Å². The fraction of sp³-hybridized carbons (Fsp3) is 0.643. The summed E-state index contributed by atoms with van der Waals surface area (Å²) in [6.45, 7) is 6.24. The van der Waals surface area contributed by atoms with Gasteiger partial charge in [0.1, 0.15) is 5.76 Å². The van der Waals surface area contributed by atoms with Gasteiger partial charge in [0, 0.05) is 13.0 Å². The van der Waals surface area contributed by atoms with Crippen LogP contribution in [0.5, 0.6) is 0 Å². The third-order valence-electron chi connectivity index (χ3n) is 3.23. The molecule has 0 aliphatic carbocycles. The lowest BCUT2D eigenvalue weighted by Gasteiger charge is -2.26.